The Morgan fingerprint density at radius 2 is 1.57 bits per heavy atom. The Morgan fingerprint density at radius 1 is 1.04 bits per heavy atom. The van der Waals surface area contributed by atoms with Gasteiger partial charge in [-0.3, -0.25) is 9.36 Å². The van der Waals surface area contributed by atoms with E-state index in [2.05, 4.69) is 0 Å². The monoisotopic (exact) mass is 342 g/mol. The van der Waals surface area contributed by atoms with Crippen molar-refractivity contribution in [3.05, 3.63) is 35.6 Å². The van der Waals surface area contributed by atoms with E-state index in [1.165, 1.54) is 20.0 Å². The van der Waals surface area contributed by atoms with E-state index in [-0.39, 0.29) is 5.76 Å². The highest BCUT2D eigenvalue weighted by Crippen LogP contribution is 2.50. The van der Waals surface area contributed by atoms with Crippen LogP contribution in [-0.4, -0.2) is 27.3 Å². The molecular weight excluding hydrogens is 319 g/mol. The Hall–Kier alpha value is -1.62. The molecule has 0 heterocycles. The molecule has 0 bridgehead atoms. The molecule has 0 fully saturated rings. The molecule has 6 nitrogen and oxygen atoms in total. The summed E-state index contributed by atoms with van der Waals surface area (Å²) in [6.45, 7) is 5.19. The standard InChI is InChI=1S/C16H23O6P/c1-16(2,3)15(17)22-14(11-23(18,20-5)21-6)12-7-9-13(19-4)10-8-12/h7-11H,1-6H3/b14-11-. The zero-order valence-corrected chi connectivity index (χ0v) is 15.2. The van der Waals surface area contributed by atoms with Crippen molar-refractivity contribution in [2.75, 3.05) is 21.3 Å². The maximum absolute atomic E-state index is 12.4. The molecule has 0 spiro atoms. The molecule has 0 unspecified atom stereocenters. The molecule has 0 saturated carbocycles. The van der Waals surface area contributed by atoms with Gasteiger partial charge in [0.1, 0.15) is 11.5 Å². The summed E-state index contributed by atoms with van der Waals surface area (Å²) in [5.74, 6) is 1.49. The van der Waals surface area contributed by atoms with Crippen molar-refractivity contribution in [3.63, 3.8) is 0 Å². The lowest BCUT2D eigenvalue weighted by Crippen LogP contribution is -2.22. The van der Waals surface area contributed by atoms with Gasteiger partial charge in [0.05, 0.1) is 18.3 Å². The van der Waals surface area contributed by atoms with Gasteiger partial charge in [0.15, 0.2) is 0 Å². The first-order chi connectivity index (χ1) is 10.6. The van der Waals surface area contributed by atoms with E-state index in [1.54, 1.807) is 52.1 Å². The van der Waals surface area contributed by atoms with E-state index < -0.39 is 19.0 Å². The minimum absolute atomic E-state index is 0.111. The average molecular weight is 342 g/mol. The lowest BCUT2D eigenvalue weighted by molar-refractivity contribution is -0.145. The first-order valence-corrected chi connectivity index (χ1v) is 8.57. The van der Waals surface area contributed by atoms with Crippen molar-refractivity contribution in [2.45, 2.75) is 20.8 Å². The molecule has 1 rings (SSSR count). The van der Waals surface area contributed by atoms with Crippen LogP contribution in [-0.2, 0) is 23.1 Å². The Labute approximate surface area is 136 Å². The van der Waals surface area contributed by atoms with Gasteiger partial charge in [0, 0.05) is 19.8 Å². The first-order valence-electron chi connectivity index (χ1n) is 6.96. The van der Waals surface area contributed by atoms with Gasteiger partial charge in [-0.2, -0.15) is 0 Å². The van der Waals surface area contributed by atoms with Crippen molar-refractivity contribution < 1.29 is 27.9 Å². The molecule has 0 aromatic heterocycles. The molecule has 0 N–H and O–H groups in total. The molecule has 0 radical (unpaired) electrons. The summed E-state index contributed by atoms with van der Waals surface area (Å²) < 4.78 is 32.7. The number of benzene rings is 1. The first kappa shape index (κ1) is 19.4. The van der Waals surface area contributed by atoms with E-state index in [4.69, 9.17) is 18.5 Å². The topological polar surface area (TPSA) is 71.1 Å². The number of ether oxygens (including phenoxy) is 2. The van der Waals surface area contributed by atoms with Crippen molar-refractivity contribution in [3.8, 4) is 5.75 Å². The minimum Gasteiger partial charge on any atom is -0.497 e. The van der Waals surface area contributed by atoms with Gasteiger partial charge in [-0.15, -0.1) is 0 Å². The average Bonchev–Trinajstić information content (AvgIpc) is 2.53. The molecule has 0 aliphatic rings. The van der Waals surface area contributed by atoms with E-state index in [9.17, 15) is 9.36 Å². The lowest BCUT2D eigenvalue weighted by atomic mass is 9.97. The largest absolute Gasteiger partial charge is 0.497 e. The number of hydrogen-bond donors (Lipinski definition) is 0. The van der Waals surface area contributed by atoms with Gasteiger partial charge in [-0.25, -0.2) is 0 Å². The second-order valence-corrected chi connectivity index (χ2v) is 7.83. The second-order valence-electron chi connectivity index (χ2n) is 5.77. The molecule has 0 saturated heterocycles. The SMILES string of the molecule is COc1ccc(/C(=C/P(=O)(OC)OC)OC(=O)C(C)(C)C)cc1. The molecule has 1 aromatic rings. The number of esters is 1. The van der Waals surface area contributed by atoms with Crippen LogP contribution in [0.3, 0.4) is 0 Å². The zero-order chi connectivity index (χ0) is 17.7. The van der Waals surface area contributed by atoms with Crippen LogP contribution in [0.4, 0.5) is 0 Å². The quantitative estimate of drug-likeness (QED) is 0.441. The van der Waals surface area contributed by atoms with Gasteiger partial charge < -0.3 is 18.5 Å². The Balaban J connectivity index is 3.27. The van der Waals surface area contributed by atoms with Crippen LogP contribution in [0.25, 0.3) is 5.76 Å². The normalized spacial score (nSPS) is 12.9. The predicted molar refractivity (Wildman–Crippen MR) is 88.1 cm³/mol. The van der Waals surface area contributed by atoms with Crippen molar-refractivity contribution >= 4 is 19.3 Å². The Morgan fingerprint density at radius 3 is 1.96 bits per heavy atom. The Kier molecular flexibility index (Phi) is 6.57. The summed E-state index contributed by atoms with van der Waals surface area (Å²) in [7, 11) is 0.574. The second kappa shape index (κ2) is 7.77. The molecule has 23 heavy (non-hydrogen) atoms. The number of carbonyl (C=O) groups is 1. The van der Waals surface area contributed by atoms with E-state index in [0.29, 0.717) is 11.3 Å². The maximum Gasteiger partial charge on any atom is 0.357 e. The molecular formula is C16H23O6P. The smallest absolute Gasteiger partial charge is 0.357 e. The highest BCUT2D eigenvalue weighted by atomic mass is 31.2. The van der Waals surface area contributed by atoms with Crippen LogP contribution < -0.4 is 4.74 Å². The van der Waals surface area contributed by atoms with E-state index >= 15 is 0 Å². The van der Waals surface area contributed by atoms with Gasteiger partial charge in [-0.1, -0.05) is 0 Å². The van der Waals surface area contributed by atoms with Crippen LogP contribution in [0.1, 0.15) is 26.3 Å². The zero-order valence-electron chi connectivity index (χ0n) is 14.3. The summed E-state index contributed by atoms with van der Waals surface area (Å²) >= 11 is 0. The summed E-state index contributed by atoms with van der Waals surface area (Å²) in [6, 6.07) is 6.80. The number of methoxy groups -OCH3 is 1. The molecule has 1 aromatic carbocycles. The summed E-state index contributed by atoms with van der Waals surface area (Å²) in [5, 5.41) is 0. The third-order valence-corrected chi connectivity index (χ3v) is 4.54. The van der Waals surface area contributed by atoms with Gasteiger partial charge in [-0.05, 0) is 45.0 Å². The molecule has 0 amide bonds. The molecule has 128 valence electrons. The van der Waals surface area contributed by atoms with Crippen molar-refractivity contribution in [2.24, 2.45) is 5.41 Å². The van der Waals surface area contributed by atoms with Crippen LogP contribution >= 0.6 is 7.60 Å². The maximum atomic E-state index is 12.4. The van der Waals surface area contributed by atoms with Crippen molar-refractivity contribution in [1.82, 2.24) is 0 Å². The van der Waals surface area contributed by atoms with Crippen molar-refractivity contribution in [1.29, 1.82) is 0 Å². The van der Waals surface area contributed by atoms with Crippen LogP contribution in [0.15, 0.2) is 30.1 Å². The fourth-order valence-corrected chi connectivity index (χ4v) is 2.34. The number of carbonyl (C=O) groups excluding carboxylic acids is 1. The van der Waals surface area contributed by atoms with Crippen LogP contribution in [0.2, 0.25) is 0 Å². The van der Waals surface area contributed by atoms with E-state index in [1.807, 2.05) is 0 Å². The third-order valence-electron chi connectivity index (χ3n) is 2.97. The minimum atomic E-state index is -3.50. The predicted octanol–water partition coefficient (Wildman–Crippen LogP) is 4.07. The van der Waals surface area contributed by atoms with Crippen LogP contribution in [0, 0.1) is 5.41 Å². The molecule has 0 aliphatic carbocycles. The lowest BCUT2D eigenvalue weighted by Gasteiger charge is -2.19. The fourth-order valence-electron chi connectivity index (χ4n) is 1.49. The summed E-state index contributed by atoms with van der Waals surface area (Å²) in [5.41, 5.74) is -0.159. The highest BCUT2D eigenvalue weighted by Gasteiger charge is 2.27. The van der Waals surface area contributed by atoms with Gasteiger partial charge >= 0.3 is 13.6 Å². The Bertz CT molecular complexity index is 604. The fraction of sp³-hybridized carbons (Fsp3) is 0.438. The van der Waals surface area contributed by atoms with Gasteiger partial charge in [0.25, 0.3) is 0 Å². The molecule has 0 atom stereocenters. The summed E-state index contributed by atoms with van der Waals surface area (Å²) in [4.78, 5) is 12.2. The number of rotatable bonds is 6. The van der Waals surface area contributed by atoms with Crippen LogP contribution in [0.5, 0.6) is 5.75 Å². The highest BCUT2D eigenvalue weighted by molar-refractivity contribution is 7.57. The van der Waals surface area contributed by atoms with E-state index in [0.717, 1.165) is 0 Å². The number of hydrogen-bond acceptors (Lipinski definition) is 6. The third kappa shape index (κ3) is 5.50. The molecule has 7 heteroatoms. The molecule has 0 aliphatic heterocycles. The summed E-state index contributed by atoms with van der Waals surface area (Å²) in [6.07, 6.45) is 0. The van der Waals surface area contributed by atoms with Gasteiger partial charge in [0.2, 0.25) is 0 Å².